The van der Waals surface area contributed by atoms with Gasteiger partial charge in [-0.05, 0) is 30.0 Å². The molecule has 0 heterocycles. The number of carboxylic acid groups (broad SMARTS) is 1. The SMILES string of the molecule is O=C(O)/C=C/c1ccc(COCCC2CC2)c(F)c1. The molecule has 102 valence electrons. The zero-order valence-corrected chi connectivity index (χ0v) is 10.6. The fourth-order valence-corrected chi connectivity index (χ4v) is 1.79. The van der Waals surface area contributed by atoms with Crippen LogP contribution in [0, 0.1) is 11.7 Å². The van der Waals surface area contributed by atoms with E-state index in [1.165, 1.54) is 25.0 Å². The van der Waals surface area contributed by atoms with Gasteiger partial charge in [-0.1, -0.05) is 25.0 Å². The minimum absolute atomic E-state index is 0.265. The molecule has 0 saturated heterocycles. The first kappa shape index (κ1) is 13.7. The molecule has 19 heavy (non-hydrogen) atoms. The summed E-state index contributed by atoms with van der Waals surface area (Å²) < 4.78 is 19.1. The number of halogens is 1. The topological polar surface area (TPSA) is 46.5 Å². The lowest BCUT2D eigenvalue weighted by atomic mass is 10.1. The van der Waals surface area contributed by atoms with Crippen molar-refractivity contribution in [2.24, 2.45) is 5.92 Å². The van der Waals surface area contributed by atoms with E-state index in [0.29, 0.717) is 17.7 Å². The number of benzene rings is 1. The van der Waals surface area contributed by atoms with Crippen LogP contribution in [-0.2, 0) is 16.1 Å². The van der Waals surface area contributed by atoms with Crippen LogP contribution in [0.15, 0.2) is 24.3 Å². The minimum atomic E-state index is -1.05. The first-order chi connectivity index (χ1) is 9.15. The van der Waals surface area contributed by atoms with Crippen molar-refractivity contribution in [3.8, 4) is 0 Å². The molecule has 1 aromatic carbocycles. The standard InChI is InChI=1S/C15H17FO3/c16-14-9-12(4-6-15(17)18)3-5-13(14)10-19-8-7-11-1-2-11/h3-6,9,11H,1-2,7-8,10H2,(H,17,18)/b6-4+. The molecule has 1 aromatic rings. The van der Waals surface area contributed by atoms with E-state index >= 15 is 0 Å². The molecule has 4 heteroatoms. The van der Waals surface area contributed by atoms with Crippen LogP contribution in [0.4, 0.5) is 4.39 Å². The molecule has 0 radical (unpaired) electrons. The highest BCUT2D eigenvalue weighted by Crippen LogP contribution is 2.32. The van der Waals surface area contributed by atoms with Gasteiger partial charge in [0.25, 0.3) is 0 Å². The van der Waals surface area contributed by atoms with E-state index in [0.717, 1.165) is 18.4 Å². The first-order valence-electron chi connectivity index (χ1n) is 6.42. The van der Waals surface area contributed by atoms with Crippen molar-refractivity contribution in [3.63, 3.8) is 0 Å². The number of hydrogen-bond acceptors (Lipinski definition) is 2. The Morgan fingerprint density at radius 3 is 2.89 bits per heavy atom. The van der Waals surface area contributed by atoms with Crippen LogP contribution in [0.25, 0.3) is 6.08 Å². The summed E-state index contributed by atoms with van der Waals surface area (Å²) in [5.74, 6) is -0.597. The molecule has 1 fully saturated rings. The Morgan fingerprint density at radius 2 is 2.26 bits per heavy atom. The lowest BCUT2D eigenvalue weighted by Crippen LogP contribution is -1.99. The van der Waals surface area contributed by atoms with E-state index in [1.807, 2.05) is 0 Å². The molecule has 2 rings (SSSR count). The highest BCUT2D eigenvalue weighted by molar-refractivity contribution is 5.85. The monoisotopic (exact) mass is 264 g/mol. The smallest absolute Gasteiger partial charge is 0.328 e. The van der Waals surface area contributed by atoms with Gasteiger partial charge in [-0.25, -0.2) is 9.18 Å². The molecular formula is C15H17FO3. The highest BCUT2D eigenvalue weighted by atomic mass is 19.1. The molecule has 0 amide bonds. The number of hydrogen-bond donors (Lipinski definition) is 1. The zero-order valence-electron chi connectivity index (χ0n) is 10.6. The zero-order chi connectivity index (χ0) is 13.7. The predicted octanol–water partition coefficient (Wildman–Crippen LogP) is 3.24. The maximum Gasteiger partial charge on any atom is 0.328 e. The number of ether oxygens (including phenoxy) is 1. The Bertz CT molecular complexity index is 478. The van der Waals surface area contributed by atoms with Crippen LogP contribution in [0.3, 0.4) is 0 Å². The summed E-state index contributed by atoms with van der Waals surface area (Å²) in [6.07, 6.45) is 6.00. The highest BCUT2D eigenvalue weighted by Gasteiger charge is 2.20. The number of carboxylic acids is 1. The molecule has 1 N–H and O–H groups in total. The van der Waals surface area contributed by atoms with Crippen LogP contribution in [0.5, 0.6) is 0 Å². The summed E-state index contributed by atoms with van der Waals surface area (Å²) in [4.78, 5) is 10.4. The van der Waals surface area contributed by atoms with Crippen molar-refractivity contribution >= 4 is 12.0 Å². The van der Waals surface area contributed by atoms with Gasteiger partial charge in [-0.2, -0.15) is 0 Å². The Labute approximate surface area is 111 Å². The average Bonchev–Trinajstić information content (AvgIpc) is 3.18. The van der Waals surface area contributed by atoms with Gasteiger partial charge in [-0.3, -0.25) is 0 Å². The molecular weight excluding hydrogens is 247 g/mol. The van der Waals surface area contributed by atoms with E-state index < -0.39 is 5.97 Å². The van der Waals surface area contributed by atoms with Crippen molar-refractivity contribution in [2.75, 3.05) is 6.61 Å². The molecule has 3 nitrogen and oxygen atoms in total. The Kier molecular flexibility index (Phi) is 4.68. The van der Waals surface area contributed by atoms with Crippen LogP contribution in [0.2, 0.25) is 0 Å². The van der Waals surface area contributed by atoms with Crippen molar-refractivity contribution in [1.29, 1.82) is 0 Å². The molecule has 0 aromatic heterocycles. The van der Waals surface area contributed by atoms with Crippen LogP contribution >= 0.6 is 0 Å². The van der Waals surface area contributed by atoms with Gasteiger partial charge in [0.2, 0.25) is 0 Å². The van der Waals surface area contributed by atoms with Crippen molar-refractivity contribution in [2.45, 2.75) is 25.9 Å². The molecule has 1 saturated carbocycles. The summed E-state index contributed by atoms with van der Waals surface area (Å²) >= 11 is 0. The second kappa shape index (κ2) is 6.48. The van der Waals surface area contributed by atoms with E-state index in [-0.39, 0.29) is 12.4 Å². The lowest BCUT2D eigenvalue weighted by molar-refractivity contribution is -0.131. The van der Waals surface area contributed by atoms with E-state index in [9.17, 15) is 9.18 Å². The maximum atomic E-state index is 13.7. The fraction of sp³-hybridized carbons (Fsp3) is 0.400. The molecule has 0 aliphatic heterocycles. The largest absolute Gasteiger partial charge is 0.478 e. The van der Waals surface area contributed by atoms with E-state index in [2.05, 4.69) is 0 Å². The average molecular weight is 264 g/mol. The van der Waals surface area contributed by atoms with Gasteiger partial charge in [0, 0.05) is 18.2 Å². The quantitative estimate of drug-likeness (QED) is 0.607. The van der Waals surface area contributed by atoms with E-state index in [1.54, 1.807) is 12.1 Å². The second-order valence-electron chi connectivity index (χ2n) is 4.81. The molecule has 1 aliphatic carbocycles. The summed E-state index contributed by atoms with van der Waals surface area (Å²) in [7, 11) is 0. The summed E-state index contributed by atoms with van der Waals surface area (Å²) in [6, 6.07) is 4.63. The minimum Gasteiger partial charge on any atom is -0.478 e. The Hall–Kier alpha value is -1.68. The van der Waals surface area contributed by atoms with Gasteiger partial charge in [0.15, 0.2) is 0 Å². The maximum absolute atomic E-state index is 13.7. The number of aliphatic carboxylic acids is 1. The molecule has 1 aliphatic rings. The molecule has 0 atom stereocenters. The van der Waals surface area contributed by atoms with Crippen molar-refractivity contribution in [1.82, 2.24) is 0 Å². The van der Waals surface area contributed by atoms with Gasteiger partial charge < -0.3 is 9.84 Å². The summed E-state index contributed by atoms with van der Waals surface area (Å²) in [6.45, 7) is 0.937. The van der Waals surface area contributed by atoms with Gasteiger partial charge in [0.05, 0.1) is 6.61 Å². The van der Waals surface area contributed by atoms with Crippen molar-refractivity contribution < 1.29 is 19.0 Å². The molecule has 0 bridgehead atoms. The van der Waals surface area contributed by atoms with Crippen LogP contribution in [-0.4, -0.2) is 17.7 Å². The predicted molar refractivity (Wildman–Crippen MR) is 70.1 cm³/mol. The van der Waals surface area contributed by atoms with Crippen molar-refractivity contribution in [3.05, 3.63) is 41.2 Å². The third-order valence-electron chi connectivity index (χ3n) is 3.12. The second-order valence-corrected chi connectivity index (χ2v) is 4.81. The van der Waals surface area contributed by atoms with Gasteiger partial charge in [0.1, 0.15) is 5.82 Å². The number of rotatable bonds is 7. The summed E-state index contributed by atoms with van der Waals surface area (Å²) in [5.41, 5.74) is 1.03. The Morgan fingerprint density at radius 1 is 1.47 bits per heavy atom. The van der Waals surface area contributed by atoms with Gasteiger partial charge in [-0.15, -0.1) is 0 Å². The Balaban J connectivity index is 1.84. The molecule has 0 spiro atoms. The van der Waals surface area contributed by atoms with Crippen LogP contribution in [0.1, 0.15) is 30.4 Å². The number of carbonyl (C=O) groups is 1. The van der Waals surface area contributed by atoms with Gasteiger partial charge >= 0.3 is 5.97 Å². The van der Waals surface area contributed by atoms with E-state index in [4.69, 9.17) is 9.84 Å². The fourth-order valence-electron chi connectivity index (χ4n) is 1.79. The molecule has 0 unspecified atom stereocenters. The summed E-state index contributed by atoms with van der Waals surface area (Å²) in [5, 5.41) is 8.49. The third kappa shape index (κ3) is 4.83. The first-order valence-corrected chi connectivity index (χ1v) is 6.42. The lowest BCUT2D eigenvalue weighted by Gasteiger charge is -2.06. The van der Waals surface area contributed by atoms with Crippen LogP contribution < -0.4 is 0 Å². The third-order valence-corrected chi connectivity index (χ3v) is 3.12. The normalized spacial score (nSPS) is 15.0.